The van der Waals surface area contributed by atoms with Crippen molar-refractivity contribution in [3.63, 3.8) is 0 Å². The zero-order chi connectivity index (χ0) is 17.6. The van der Waals surface area contributed by atoms with E-state index in [1.807, 2.05) is 6.92 Å². The van der Waals surface area contributed by atoms with Gasteiger partial charge in [-0.1, -0.05) is 6.07 Å². The Morgan fingerprint density at radius 2 is 1.80 bits per heavy atom. The van der Waals surface area contributed by atoms with Crippen LogP contribution >= 0.6 is 0 Å². The largest absolute Gasteiger partial charge is 0.494 e. The fourth-order valence-electron chi connectivity index (χ4n) is 5.59. The molecule has 0 aliphatic heterocycles. The average molecular weight is 346 g/mol. The van der Waals surface area contributed by atoms with Crippen molar-refractivity contribution < 1.29 is 13.9 Å². The number of amides is 2. The maximum absolute atomic E-state index is 13.9. The van der Waals surface area contributed by atoms with Gasteiger partial charge in [0.1, 0.15) is 0 Å². The summed E-state index contributed by atoms with van der Waals surface area (Å²) in [5, 5.41) is 6.19. The molecule has 5 rings (SSSR count). The summed E-state index contributed by atoms with van der Waals surface area (Å²) >= 11 is 0. The molecule has 1 atom stereocenters. The molecular formula is C20H27FN2O2. The molecule has 4 saturated carbocycles. The molecule has 25 heavy (non-hydrogen) atoms. The molecule has 136 valence electrons. The van der Waals surface area contributed by atoms with Crippen molar-refractivity contribution in [2.24, 2.45) is 23.7 Å². The molecule has 0 heterocycles. The lowest BCUT2D eigenvalue weighted by Gasteiger charge is -2.54. The lowest BCUT2D eigenvalue weighted by atomic mass is 9.54. The molecule has 2 N–H and O–H groups in total. The summed E-state index contributed by atoms with van der Waals surface area (Å²) in [4.78, 5) is 12.5. The summed E-state index contributed by atoms with van der Waals surface area (Å²) in [7, 11) is 1.44. The summed E-state index contributed by atoms with van der Waals surface area (Å²) in [6.45, 7) is 1.87. The summed E-state index contributed by atoms with van der Waals surface area (Å²) < 4.78 is 18.8. The second kappa shape index (κ2) is 6.50. The molecular weight excluding hydrogens is 319 g/mol. The normalized spacial score (nSPS) is 33.8. The third-order valence-electron chi connectivity index (χ3n) is 6.55. The Morgan fingerprint density at radius 1 is 1.16 bits per heavy atom. The minimum atomic E-state index is -0.407. The van der Waals surface area contributed by atoms with Gasteiger partial charge >= 0.3 is 6.03 Å². The van der Waals surface area contributed by atoms with Crippen LogP contribution in [0, 0.1) is 29.5 Å². The Hall–Kier alpha value is -1.78. The van der Waals surface area contributed by atoms with Gasteiger partial charge in [-0.2, -0.15) is 0 Å². The van der Waals surface area contributed by atoms with Crippen LogP contribution in [0.15, 0.2) is 18.2 Å². The van der Waals surface area contributed by atoms with Gasteiger partial charge in [0.25, 0.3) is 0 Å². The van der Waals surface area contributed by atoms with Crippen molar-refractivity contribution in [2.45, 2.75) is 51.1 Å². The maximum atomic E-state index is 13.9. The number of nitrogens with one attached hydrogen (secondary N) is 2. The number of methoxy groups -OCH3 is 1. The molecule has 4 nitrogen and oxygen atoms in total. The van der Waals surface area contributed by atoms with Gasteiger partial charge < -0.3 is 15.4 Å². The third-order valence-corrected chi connectivity index (χ3v) is 6.55. The van der Waals surface area contributed by atoms with Crippen molar-refractivity contribution in [3.05, 3.63) is 29.6 Å². The van der Waals surface area contributed by atoms with Gasteiger partial charge in [-0.25, -0.2) is 9.18 Å². The summed E-state index contributed by atoms with van der Waals surface area (Å²) in [5.74, 6) is 2.89. The van der Waals surface area contributed by atoms with Crippen LogP contribution in [0.3, 0.4) is 0 Å². The highest BCUT2D eigenvalue weighted by atomic mass is 19.1. The van der Waals surface area contributed by atoms with Gasteiger partial charge in [-0.3, -0.25) is 0 Å². The number of urea groups is 1. The standard InChI is InChI=1S/C20H27FN2O2/c1-11(14-3-4-18(25-2)17(21)10-14)22-20(24)23-19-15-6-12-5-13(8-15)9-16(19)7-12/h3-4,10-13,15-16,19H,5-9H2,1-2H3,(H2,22,23,24). The van der Waals surface area contributed by atoms with Crippen molar-refractivity contribution in [3.8, 4) is 5.75 Å². The number of hydrogen-bond donors (Lipinski definition) is 2. The van der Waals surface area contributed by atoms with Crippen LogP contribution in [-0.4, -0.2) is 19.2 Å². The zero-order valence-electron chi connectivity index (χ0n) is 14.9. The fraction of sp³-hybridized carbons (Fsp3) is 0.650. The number of benzene rings is 1. The zero-order valence-corrected chi connectivity index (χ0v) is 14.9. The predicted molar refractivity (Wildman–Crippen MR) is 93.9 cm³/mol. The Morgan fingerprint density at radius 3 is 2.36 bits per heavy atom. The Kier molecular flexibility index (Phi) is 4.34. The van der Waals surface area contributed by atoms with E-state index in [4.69, 9.17) is 4.74 Å². The average Bonchev–Trinajstić information content (AvgIpc) is 2.57. The number of hydrogen-bond acceptors (Lipinski definition) is 2. The number of rotatable bonds is 4. The van der Waals surface area contributed by atoms with E-state index in [0.29, 0.717) is 17.9 Å². The molecule has 4 bridgehead atoms. The van der Waals surface area contributed by atoms with E-state index in [-0.39, 0.29) is 17.8 Å². The topological polar surface area (TPSA) is 50.4 Å². The van der Waals surface area contributed by atoms with Crippen LogP contribution in [0.25, 0.3) is 0 Å². The van der Waals surface area contributed by atoms with Gasteiger partial charge in [0.15, 0.2) is 11.6 Å². The molecule has 4 aliphatic rings. The molecule has 0 aromatic heterocycles. The lowest BCUT2D eigenvalue weighted by molar-refractivity contribution is -0.00950. The second-order valence-electron chi connectivity index (χ2n) is 8.19. The first-order chi connectivity index (χ1) is 12.0. The summed E-state index contributed by atoms with van der Waals surface area (Å²) in [5.41, 5.74) is 0.735. The van der Waals surface area contributed by atoms with Crippen molar-refractivity contribution in [1.29, 1.82) is 0 Å². The van der Waals surface area contributed by atoms with E-state index >= 15 is 0 Å². The Bertz CT molecular complexity index is 635. The number of carbonyl (C=O) groups excluding carboxylic acids is 1. The molecule has 5 heteroatoms. The van der Waals surface area contributed by atoms with Crippen LogP contribution in [0.2, 0.25) is 0 Å². The third kappa shape index (κ3) is 3.21. The highest BCUT2D eigenvalue weighted by Crippen LogP contribution is 2.53. The Balaban J connectivity index is 1.36. The SMILES string of the molecule is COc1ccc(C(C)NC(=O)NC2C3CC4CC(C3)CC2C4)cc1F. The first-order valence-corrected chi connectivity index (χ1v) is 9.44. The molecule has 4 fully saturated rings. The fourth-order valence-corrected chi connectivity index (χ4v) is 5.59. The molecule has 1 unspecified atom stereocenters. The number of ether oxygens (including phenoxy) is 1. The molecule has 0 spiro atoms. The van der Waals surface area contributed by atoms with Crippen molar-refractivity contribution >= 4 is 6.03 Å². The maximum Gasteiger partial charge on any atom is 0.315 e. The van der Waals surface area contributed by atoms with Crippen molar-refractivity contribution in [1.82, 2.24) is 10.6 Å². The molecule has 2 amide bonds. The summed E-state index contributed by atoms with van der Waals surface area (Å²) in [6, 6.07) is 4.73. The first kappa shape index (κ1) is 16.7. The van der Waals surface area contributed by atoms with Crippen LogP contribution < -0.4 is 15.4 Å². The smallest absolute Gasteiger partial charge is 0.315 e. The van der Waals surface area contributed by atoms with Crippen LogP contribution in [0.4, 0.5) is 9.18 Å². The van der Waals surface area contributed by atoms with Crippen LogP contribution in [-0.2, 0) is 0 Å². The summed E-state index contributed by atoms with van der Waals surface area (Å²) in [6.07, 6.45) is 6.51. The Labute approximate surface area is 148 Å². The van der Waals surface area contributed by atoms with E-state index in [1.54, 1.807) is 12.1 Å². The molecule has 1 aromatic rings. The van der Waals surface area contributed by atoms with Gasteiger partial charge in [0.05, 0.1) is 13.2 Å². The van der Waals surface area contributed by atoms with E-state index < -0.39 is 5.82 Å². The van der Waals surface area contributed by atoms with E-state index in [1.165, 1.54) is 45.3 Å². The monoisotopic (exact) mass is 346 g/mol. The second-order valence-corrected chi connectivity index (χ2v) is 8.19. The van der Waals surface area contributed by atoms with Crippen LogP contribution in [0.1, 0.15) is 50.6 Å². The van der Waals surface area contributed by atoms with Gasteiger partial charge in [0, 0.05) is 6.04 Å². The van der Waals surface area contributed by atoms with Gasteiger partial charge in [-0.05, 0) is 80.4 Å². The number of halogens is 1. The minimum absolute atomic E-state index is 0.138. The molecule has 4 aliphatic carbocycles. The highest BCUT2D eigenvalue weighted by Gasteiger charge is 2.48. The highest BCUT2D eigenvalue weighted by molar-refractivity contribution is 5.75. The van der Waals surface area contributed by atoms with Crippen LogP contribution in [0.5, 0.6) is 5.75 Å². The molecule has 0 saturated heterocycles. The van der Waals surface area contributed by atoms with Gasteiger partial charge in [0.2, 0.25) is 0 Å². The predicted octanol–water partition coefficient (Wildman–Crippen LogP) is 4.02. The number of carbonyl (C=O) groups is 1. The quantitative estimate of drug-likeness (QED) is 0.865. The van der Waals surface area contributed by atoms with E-state index in [9.17, 15) is 9.18 Å². The molecule has 1 aromatic carbocycles. The minimum Gasteiger partial charge on any atom is -0.494 e. The lowest BCUT2D eigenvalue weighted by Crippen LogP contribution is -2.57. The van der Waals surface area contributed by atoms with E-state index in [2.05, 4.69) is 10.6 Å². The first-order valence-electron chi connectivity index (χ1n) is 9.44. The van der Waals surface area contributed by atoms with Gasteiger partial charge in [-0.15, -0.1) is 0 Å². The molecule has 0 radical (unpaired) electrons. The van der Waals surface area contributed by atoms with Crippen molar-refractivity contribution in [2.75, 3.05) is 7.11 Å². The van der Waals surface area contributed by atoms with E-state index in [0.717, 1.165) is 17.4 Å².